The molecule has 20 heavy (non-hydrogen) atoms. The molecule has 2 rings (SSSR count). The van der Waals surface area contributed by atoms with Crippen molar-refractivity contribution in [3.05, 3.63) is 35.4 Å². The molecule has 1 aliphatic rings. The Kier molecular flexibility index (Phi) is 5.49. The second-order valence-electron chi connectivity index (χ2n) is 5.92. The first kappa shape index (κ1) is 15.4. The van der Waals surface area contributed by atoms with Crippen LogP contribution in [0.5, 0.6) is 0 Å². The highest BCUT2D eigenvalue weighted by Crippen LogP contribution is 2.30. The molecule has 1 heterocycles. The lowest BCUT2D eigenvalue weighted by molar-refractivity contribution is 0.156. The third kappa shape index (κ3) is 3.76. The van der Waals surface area contributed by atoms with Crippen LogP contribution in [0.1, 0.15) is 38.3 Å². The highest BCUT2D eigenvalue weighted by Gasteiger charge is 2.25. The monoisotopic (exact) mass is 282 g/mol. The van der Waals surface area contributed by atoms with Crippen molar-refractivity contribution in [3.63, 3.8) is 0 Å². The van der Waals surface area contributed by atoms with E-state index in [9.17, 15) is 8.78 Å². The minimum absolute atomic E-state index is 0.0183. The van der Waals surface area contributed by atoms with Crippen molar-refractivity contribution in [1.29, 1.82) is 0 Å². The van der Waals surface area contributed by atoms with Gasteiger partial charge in [-0.05, 0) is 24.8 Å². The zero-order chi connectivity index (χ0) is 14.5. The summed E-state index contributed by atoms with van der Waals surface area (Å²) in [5.41, 5.74) is 0.507. The maximum atomic E-state index is 14.1. The number of piperazine rings is 1. The zero-order valence-corrected chi connectivity index (χ0v) is 12.3. The van der Waals surface area contributed by atoms with E-state index >= 15 is 0 Å². The summed E-state index contributed by atoms with van der Waals surface area (Å²) in [6.07, 6.45) is 1.89. The summed E-state index contributed by atoms with van der Waals surface area (Å²) in [7, 11) is 0. The van der Waals surface area contributed by atoms with Crippen LogP contribution in [0.2, 0.25) is 0 Å². The van der Waals surface area contributed by atoms with E-state index in [1.165, 1.54) is 6.07 Å². The molecule has 1 N–H and O–H groups in total. The Bertz CT molecular complexity index is 428. The van der Waals surface area contributed by atoms with Gasteiger partial charge in [-0.2, -0.15) is 0 Å². The lowest BCUT2D eigenvalue weighted by Gasteiger charge is -2.35. The maximum absolute atomic E-state index is 14.1. The van der Waals surface area contributed by atoms with E-state index in [4.69, 9.17) is 0 Å². The van der Waals surface area contributed by atoms with Gasteiger partial charge in [0.2, 0.25) is 0 Å². The quantitative estimate of drug-likeness (QED) is 0.891. The smallest absolute Gasteiger partial charge is 0.163 e. The Morgan fingerprint density at radius 1 is 1.15 bits per heavy atom. The molecule has 1 atom stereocenters. The fourth-order valence-corrected chi connectivity index (χ4v) is 2.80. The lowest BCUT2D eigenvalue weighted by atomic mass is 9.95. The summed E-state index contributed by atoms with van der Waals surface area (Å²) in [5.74, 6) is -0.857. The minimum Gasteiger partial charge on any atom is -0.314 e. The normalized spacial score (nSPS) is 18.4. The van der Waals surface area contributed by atoms with E-state index in [1.807, 2.05) is 0 Å². The van der Waals surface area contributed by atoms with Crippen molar-refractivity contribution in [3.8, 4) is 0 Å². The molecule has 1 saturated heterocycles. The van der Waals surface area contributed by atoms with E-state index in [-0.39, 0.29) is 6.04 Å². The molecule has 1 aromatic carbocycles. The number of nitrogens with one attached hydrogen (secondary N) is 1. The van der Waals surface area contributed by atoms with E-state index < -0.39 is 11.6 Å². The highest BCUT2D eigenvalue weighted by atomic mass is 19.2. The van der Waals surface area contributed by atoms with Crippen molar-refractivity contribution in [1.82, 2.24) is 10.2 Å². The van der Waals surface area contributed by atoms with Crippen LogP contribution in [-0.2, 0) is 0 Å². The number of nitrogens with zero attached hydrogens (tertiary/aromatic N) is 1. The number of hydrogen-bond donors (Lipinski definition) is 1. The number of rotatable bonds is 5. The first-order valence-corrected chi connectivity index (χ1v) is 7.48. The van der Waals surface area contributed by atoms with E-state index in [2.05, 4.69) is 24.1 Å². The van der Waals surface area contributed by atoms with Crippen LogP contribution in [0.25, 0.3) is 0 Å². The Morgan fingerprint density at radius 3 is 2.50 bits per heavy atom. The van der Waals surface area contributed by atoms with E-state index in [0.29, 0.717) is 11.5 Å². The maximum Gasteiger partial charge on any atom is 0.163 e. The van der Waals surface area contributed by atoms with Crippen molar-refractivity contribution in [2.24, 2.45) is 5.92 Å². The molecule has 1 fully saturated rings. The zero-order valence-electron chi connectivity index (χ0n) is 12.3. The molecule has 0 saturated carbocycles. The van der Waals surface area contributed by atoms with Crippen LogP contribution in [0.3, 0.4) is 0 Å². The van der Waals surface area contributed by atoms with Gasteiger partial charge in [0.15, 0.2) is 11.6 Å². The van der Waals surface area contributed by atoms with Gasteiger partial charge in [0, 0.05) is 37.8 Å². The number of benzene rings is 1. The molecule has 4 heteroatoms. The molecule has 1 aliphatic heterocycles. The molecule has 0 aromatic heterocycles. The molecular weight excluding hydrogens is 258 g/mol. The van der Waals surface area contributed by atoms with Gasteiger partial charge in [-0.15, -0.1) is 0 Å². The third-order valence-corrected chi connectivity index (χ3v) is 3.95. The van der Waals surface area contributed by atoms with Gasteiger partial charge in [0.1, 0.15) is 0 Å². The van der Waals surface area contributed by atoms with Crippen LogP contribution in [-0.4, -0.2) is 31.1 Å². The second-order valence-corrected chi connectivity index (χ2v) is 5.92. The molecule has 0 radical (unpaired) electrons. The van der Waals surface area contributed by atoms with E-state index in [1.54, 1.807) is 12.1 Å². The van der Waals surface area contributed by atoms with Gasteiger partial charge in [0.25, 0.3) is 0 Å². The second kappa shape index (κ2) is 7.14. The van der Waals surface area contributed by atoms with Gasteiger partial charge in [0.05, 0.1) is 0 Å². The summed E-state index contributed by atoms with van der Waals surface area (Å²) in [4.78, 5) is 2.27. The number of halogens is 2. The van der Waals surface area contributed by atoms with Crippen molar-refractivity contribution in [2.45, 2.75) is 32.7 Å². The first-order valence-electron chi connectivity index (χ1n) is 7.48. The predicted octanol–water partition coefficient (Wildman–Crippen LogP) is 3.35. The van der Waals surface area contributed by atoms with Gasteiger partial charge in [-0.3, -0.25) is 4.90 Å². The van der Waals surface area contributed by atoms with Crippen molar-refractivity contribution in [2.75, 3.05) is 26.2 Å². The predicted molar refractivity (Wildman–Crippen MR) is 77.6 cm³/mol. The standard InChI is InChI=1S/C16H24F2N2/c1-12(2)6-7-15(20-10-8-19-9-11-20)13-4-3-5-14(17)16(13)18/h3-5,12,15,19H,6-11H2,1-2H3/t15-/m1/s1. The molecule has 0 aliphatic carbocycles. The van der Waals surface area contributed by atoms with Crippen LogP contribution in [0, 0.1) is 17.6 Å². The Morgan fingerprint density at radius 2 is 1.85 bits per heavy atom. The van der Waals surface area contributed by atoms with Crippen molar-refractivity contribution >= 4 is 0 Å². The molecule has 112 valence electrons. The summed E-state index contributed by atoms with van der Waals surface area (Å²) in [5, 5.41) is 3.30. The van der Waals surface area contributed by atoms with Gasteiger partial charge < -0.3 is 5.32 Å². The summed E-state index contributed by atoms with van der Waals surface area (Å²) >= 11 is 0. The summed E-state index contributed by atoms with van der Waals surface area (Å²) < 4.78 is 27.6. The van der Waals surface area contributed by atoms with Gasteiger partial charge in [-0.1, -0.05) is 26.0 Å². The molecule has 0 unspecified atom stereocenters. The largest absolute Gasteiger partial charge is 0.314 e. The Hall–Kier alpha value is -1.00. The SMILES string of the molecule is CC(C)CC[C@H](c1cccc(F)c1F)N1CCNCC1. The fraction of sp³-hybridized carbons (Fsp3) is 0.625. The topological polar surface area (TPSA) is 15.3 Å². The van der Waals surface area contributed by atoms with Gasteiger partial charge >= 0.3 is 0 Å². The highest BCUT2D eigenvalue weighted by molar-refractivity contribution is 5.23. The molecule has 0 bridgehead atoms. The average Bonchev–Trinajstić information content (AvgIpc) is 2.44. The van der Waals surface area contributed by atoms with Gasteiger partial charge in [-0.25, -0.2) is 8.78 Å². The lowest BCUT2D eigenvalue weighted by Crippen LogP contribution is -2.45. The summed E-state index contributed by atoms with van der Waals surface area (Å²) in [6, 6.07) is 4.51. The van der Waals surface area contributed by atoms with Crippen LogP contribution >= 0.6 is 0 Å². The number of hydrogen-bond acceptors (Lipinski definition) is 2. The van der Waals surface area contributed by atoms with Crippen LogP contribution in [0.4, 0.5) is 8.78 Å². The van der Waals surface area contributed by atoms with E-state index in [0.717, 1.165) is 39.0 Å². The molecule has 1 aromatic rings. The van der Waals surface area contributed by atoms with Crippen molar-refractivity contribution < 1.29 is 8.78 Å². The summed E-state index contributed by atoms with van der Waals surface area (Å²) in [6.45, 7) is 7.93. The molecule has 0 amide bonds. The molecular formula is C16H24F2N2. The Labute approximate surface area is 120 Å². The third-order valence-electron chi connectivity index (χ3n) is 3.95. The Balaban J connectivity index is 2.22. The average molecular weight is 282 g/mol. The first-order chi connectivity index (χ1) is 9.59. The van der Waals surface area contributed by atoms with Crippen LogP contribution in [0.15, 0.2) is 18.2 Å². The fourth-order valence-electron chi connectivity index (χ4n) is 2.80. The molecule has 0 spiro atoms. The van der Waals surface area contributed by atoms with Crippen LogP contribution < -0.4 is 5.32 Å². The minimum atomic E-state index is -0.743. The molecule has 2 nitrogen and oxygen atoms in total.